The monoisotopic (exact) mass is 453 g/mol. The molecule has 1 N–H and O–H groups in total. The van der Waals surface area contributed by atoms with Gasteiger partial charge in [-0.1, -0.05) is 71.7 Å². The van der Waals surface area contributed by atoms with Gasteiger partial charge in [0.2, 0.25) is 5.13 Å². The molecule has 150 valence electrons. The molecule has 7 heteroatoms. The SMILES string of the molecule is Clc1ccc(COc2cccc(C=NNc3nc(-c4ccccc4)cs3)c2)cc1Cl. The van der Waals surface area contributed by atoms with Crippen molar-refractivity contribution in [2.24, 2.45) is 5.10 Å². The second-order valence-corrected chi connectivity index (χ2v) is 8.06. The minimum Gasteiger partial charge on any atom is -0.489 e. The summed E-state index contributed by atoms with van der Waals surface area (Å²) in [6, 6.07) is 23.2. The van der Waals surface area contributed by atoms with E-state index in [2.05, 4.69) is 15.5 Å². The van der Waals surface area contributed by atoms with Crippen LogP contribution in [0.4, 0.5) is 5.13 Å². The van der Waals surface area contributed by atoms with Gasteiger partial charge in [0.25, 0.3) is 0 Å². The maximum absolute atomic E-state index is 6.05. The molecule has 4 nitrogen and oxygen atoms in total. The van der Waals surface area contributed by atoms with Gasteiger partial charge in [-0.05, 0) is 35.4 Å². The highest BCUT2D eigenvalue weighted by atomic mass is 35.5. The number of halogens is 2. The number of ether oxygens (including phenoxy) is 1. The Balaban J connectivity index is 1.35. The van der Waals surface area contributed by atoms with E-state index in [1.54, 1.807) is 18.3 Å². The maximum Gasteiger partial charge on any atom is 0.203 e. The summed E-state index contributed by atoms with van der Waals surface area (Å²) < 4.78 is 5.85. The van der Waals surface area contributed by atoms with Gasteiger partial charge in [-0.25, -0.2) is 4.98 Å². The fourth-order valence-electron chi connectivity index (χ4n) is 2.71. The van der Waals surface area contributed by atoms with Crippen molar-refractivity contribution in [2.45, 2.75) is 6.61 Å². The Bertz CT molecular complexity index is 1160. The number of anilines is 1. The van der Waals surface area contributed by atoms with Gasteiger partial charge in [0.05, 0.1) is 22.0 Å². The van der Waals surface area contributed by atoms with Crippen LogP contribution in [-0.2, 0) is 6.61 Å². The molecule has 0 aliphatic rings. The topological polar surface area (TPSA) is 46.5 Å². The summed E-state index contributed by atoms with van der Waals surface area (Å²) in [7, 11) is 0. The lowest BCUT2D eigenvalue weighted by Gasteiger charge is -2.07. The summed E-state index contributed by atoms with van der Waals surface area (Å²) in [6.07, 6.45) is 1.73. The lowest BCUT2D eigenvalue weighted by Crippen LogP contribution is -1.96. The average Bonchev–Trinajstić information content (AvgIpc) is 3.24. The van der Waals surface area contributed by atoms with Crippen molar-refractivity contribution in [3.8, 4) is 17.0 Å². The van der Waals surface area contributed by atoms with Crippen molar-refractivity contribution >= 4 is 45.9 Å². The summed E-state index contributed by atoms with van der Waals surface area (Å²) in [4.78, 5) is 4.55. The molecule has 0 radical (unpaired) electrons. The van der Waals surface area contributed by atoms with E-state index in [0.717, 1.165) is 33.3 Å². The van der Waals surface area contributed by atoms with Gasteiger partial charge in [0.1, 0.15) is 12.4 Å². The van der Waals surface area contributed by atoms with E-state index >= 15 is 0 Å². The van der Waals surface area contributed by atoms with Crippen molar-refractivity contribution in [3.05, 3.63) is 99.3 Å². The van der Waals surface area contributed by atoms with Crippen molar-refractivity contribution in [3.63, 3.8) is 0 Å². The molecule has 0 spiro atoms. The summed E-state index contributed by atoms with van der Waals surface area (Å²) in [5.74, 6) is 0.741. The molecule has 0 unspecified atom stereocenters. The second kappa shape index (κ2) is 9.76. The number of nitrogens with one attached hydrogen (secondary N) is 1. The molecular formula is C23H17Cl2N3OS. The third-order valence-electron chi connectivity index (χ3n) is 4.20. The van der Waals surface area contributed by atoms with Crippen LogP contribution in [0.5, 0.6) is 5.75 Å². The predicted octanol–water partition coefficient (Wildman–Crippen LogP) is 7.14. The number of hydrogen-bond donors (Lipinski definition) is 1. The van der Waals surface area contributed by atoms with Gasteiger partial charge in [0.15, 0.2) is 0 Å². The molecule has 0 aliphatic carbocycles. The van der Waals surface area contributed by atoms with Crippen LogP contribution in [0.3, 0.4) is 0 Å². The molecule has 0 saturated carbocycles. The van der Waals surface area contributed by atoms with Gasteiger partial charge < -0.3 is 4.74 Å². The van der Waals surface area contributed by atoms with E-state index in [-0.39, 0.29) is 0 Å². The highest BCUT2D eigenvalue weighted by Crippen LogP contribution is 2.25. The molecule has 3 aromatic carbocycles. The zero-order valence-corrected chi connectivity index (χ0v) is 18.1. The van der Waals surface area contributed by atoms with Crippen LogP contribution in [0.15, 0.2) is 83.3 Å². The first-order valence-electron chi connectivity index (χ1n) is 9.14. The Morgan fingerprint density at radius 1 is 0.967 bits per heavy atom. The predicted molar refractivity (Wildman–Crippen MR) is 126 cm³/mol. The van der Waals surface area contributed by atoms with E-state index in [0.29, 0.717) is 16.7 Å². The van der Waals surface area contributed by atoms with Gasteiger partial charge in [-0.2, -0.15) is 5.10 Å². The third kappa shape index (κ3) is 5.39. The molecule has 4 aromatic rings. The lowest BCUT2D eigenvalue weighted by atomic mass is 10.2. The molecule has 0 atom stereocenters. The Morgan fingerprint density at radius 2 is 1.83 bits per heavy atom. The Kier molecular flexibility index (Phi) is 6.64. The first kappa shape index (κ1) is 20.4. The van der Waals surface area contributed by atoms with E-state index in [4.69, 9.17) is 27.9 Å². The van der Waals surface area contributed by atoms with Crippen molar-refractivity contribution in [1.29, 1.82) is 0 Å². The summed E-state index contributed by atoms with van der Waals surface area (Å²) in [5.41, 5.74) is 6.85. The molecule has 30 heavy (non-hydrogen) atoms. The number of benzene rings is 3. The van der Waals surface area contributed by atoms with Crippen LogP contribution in [0.2, 0.25) is 10.0 Å². The zero-order valence-electron chi connectivity index (χ0n) is 15.8. The minimum absolute atomic E-state index is 0.400. The molecule has 1 aromatic heterocycles. The number of thiazole rings is 1. The van der Waals surface area contributed by atoms with Crippen LogP contribution in [0.1, 0.15) is 11.1 Å². The first-order valence-corrected chi connectivity index (χ1v) is 10.8. The molecule has 4 rings (SSSR count). The number of rotatable bonds is 7. The molecular weight excluding hydrogens is 437 g/mol. The van der Waals surface area contributed by atoms with E-state index in [1.807, 2.05) is 66.0 Å². The maximum atomic E-state index is 6.05. The number of hydrazone groups is 1. The van der Waals surface area contributed by atoms with E-state index in [1.165, 1.54) is 11.3 Å². The highest BCUT2D eigenvalue weighted by Gasteiger charge is 2.03. The number of nitrogens with zero attached hydrogens (tertiary/aromatic N) is 2. The summed E-state index contributed by atoms with van der Waals surface area (Å²) >= 11 is 13.5. The number of aromatic nitrogens is 1. The van der Waals surface area contributed by atoms with E-state index < -0.39 is 0 Å². The van der Waals surface area contributed by atoms with Crippen LogP contribution in [-0.4, -0.2) is 11.2 Å². The van der Waals surface area contributed by atoms with Crippen LogP contribution in [0.25, 0.3) is 11.3 Å². The summed E-state index contributed by atoms with van der Waals surface area (Å²) in [5, 5.41) is 8.07. The fraction of sp³-hybridized carbons (Fsp3) is 0.0435. The zero-order chi connectivity index (χ0) is 20.8. The quantitative estimate of drug-likeness (QED) is 0.238. The van der Waals surface area contributed by atoms with Gasteiger partial charge in [-0.3, -0.25) is 5.43 Å². The molecule has 0 fully saturated rings. The molecule has 0 bridgehead atoms. The van der Waals surface area contributed by atoms with Gasteiger partial charge >= 0.3 is 0 Å². The summed E-state index contributed by atoms with van der Waals surface area (Å²) in [6.45, 7) is 0.400. The second-order valence-electron chi connectivity index (χ2n) is 6.38. The highest BCUT2D eigenvalue weighted by molar-refractivity contribution is 7.14. The average molecular weight is 454 g/mol. The largest absolute Gasteiger partial charge is 0.489 e. The normalized spacial score (nSPS) is 11.0. The van der Waals surface area contributed by atoms with Crippen molar-refractivity contribution < 1.29 is 4.74 Å². The lowest BCUT2D eigenvalue weighted by molar-refractivity contribution is 0.306. The van der Waals surface area contributed by atoms with Gasteiger partial charge in [-0.15, -0.1) is 11.3 Å². The van der Waals surface area contributed by atoms with Crippen LogP contribution < -0.4 is 10.2 Å². The molecule has 0 aliphatic heterocycles. The smallest absolute Gasteiger partial charge is 0.203 e. The third-order valence-corrected chi connectivity index (χ3v) is 5.68. The number of hydrogen-bond acceptors (Lipinski definition) is 5. The van der Waals surface area contributed by atoms with Crippen LogP contribution in [0, 0.1) is 0 Å². The molecule has 0 amide bonds. The van der Waals surface area contributed by atoms with Crippen molar-refractivity contribution in [1.82, 2.24) is 4.98 Å². The van der Waals surface area contributed by atoms with Gasteiger partial charge in [0, 0.05) is 10.9 Å². The molecule has 0 saturated heterocycles. The van der Waals surface area contributed by atoms with Crippen molar-refractivity contribution in [2.75, 3.05) is 5.43 Å². The Labute approximate surface area is 188 Å². The minimum atomic E-state index is 0.400. The first-order chi connectivity index (χ1) is 14.7. The Hall–Kier alpha value is -2.86. The van der Waals surface area contributed by atoms with Crippen LogP contribution >= 0.6 is 34.5 Å². The van der Waals surface area contributed by atoms with E-state index in [9.17, 15) is 0 Å². The Morgan fingerprint density at radius 3 is 2.67 bits per heavy atom. The molecule has 1 heterocycles. The standard InChI is InChI=1S/C23H17Cl2N3OS/c24-20-10-9-17(12-21(20)25)14-29-19-8-4-5-16(11-19)13-26-28-23-27-22(15-30-23)18-6-2-1-3-7-18/h1-13,15H,14H2,(H,27,28). The fourth-order valence-corrected chi connectivity index (χ4v) is 3.70.